The summed E-state index contributed by atoms with van der Waals surface area (Å²) in [5, 5.41) is 0. The second-order valence-corrected chi connectivity index (χ2v) is 5.07. The maximum Gasteiger partial charge on any atom is 0.198 e. The molecule has 0 spiro atoms. The van der Waals surface area contributed by atoms with Crippen molar-refractivity contribution < 1.29 is 13.5 Å². The van der Waals surface area contributed by atoms with E-state index in [2.05, 4.69) is 13.8 Å². The van der Waals surface area contributed by atoms with Crippen LogP contribution in [0.15, 0.2) is 36.4 Å². The summed E-state index contributed by atoms with van der Waals surface area (Å²) in [4.78, 5) is 0. The van der Waals surface area contributed by atoms with Gasteiger partial charge in [0.1, 0.15) is 5.75 Å². The lowest BCUT2D eigenvalue weighted by atomic mass is 9.99. The highest BCUT2D eigenvalue weighted by Crippen LogP contribution is 2.30. The van der Waals surface area contributed by atoms with Gasteiger partial charge in [-0.25, -0.2) is 8.78 Å². The summed E-state index contributed by atoms with van der Waals surface area (Å²) in [6, 6.07) is 9.63. The van der Waals surface area contributed by atoms with Crippen molar-refractivity contribution in [3.05, 3.63) is 59.2 Å². The van der Waals surface area contributed by atoms with E-state index < -0.39 is 17.4 Å². The van der Waals surface area contributed by atoms with Gasteiger partial charge in [0.2, 0.25) is 0 Å². The summed E-state index contributed by atoms with van der Waals surface area (Å²) in [6.45, 7) is 4.32. The summed E-state index contributed by atoms with van der Waals surface area (Å²) < 4.78 is 33.0. The van der Waals surface area contributed by atoms with Crippen molar-refractivity contribution >= 4 is 0 Å². The van der Waals surface area contributed by atoms with Crippen LogP contribution in [0.4, 0.5) is 8.78 Å². The molecule has 0 aliphatic heterocycles. The third kappa shape index (κ3) is 3.58. The zero-order valence-electron chi connectivity index (χ0n) is 12.2. The van der Waals surface area contributed by atoms with Gasteiger partial charge in [-0.1, -0.05) is 26.0 Å². The van der Waals surface area contributed by atoms with E-state index in [1.54, 1.807) is 12.1 Å². The predicted molar refractivity (Wildman–Crippen MR) is 79.5 cm³/mol. The quantitative estimate of drug-likeness (QED) is 0.864. The fourth-order valence-electron chi connectivity index (χ4n) is 2.05. The molecule has 4 heteroatoms. The highest BCUT2D eigenvalue weighted by atomic mass is 19.1. The minimum Gasteiger partial charge on any atom is -0.451 e. The number of halogens is 2. The maximum absolute atomic E-state index is 13.8. The first-order valence-corrected chi connectivity index (χ1v) is 7.01. The molecule has 2 N–H and O–H groups in total. The molecular formula is C17H19F2NO. The molecule has 2 aromatic carbocycles. The van der Waals surface area contributed by atoms with Crippen LogP contribution in [0.1, 0.15) is 37.3 Å². The van der Waals surface area contributed by atoms with Gasteiger partial charge in [-0.05, 0) is 47.7 Å². The van der Waals surface area contributed by atoms with Gasteiger partial charge in [0, 0.05) is 6.54 Å². The first-order valence-electron chi connectivity index (χ1n) is 7.01. The lowest BCUT2D eigenvalue weighted by molar-refractivity contribution is 0.406. The smallest absolute Gasteiger partial charge is 0.198 e. The third-order valence-corrected chi connectivity index (χ3v) is 3.58. The molecule has 0 saturated carbocycles. The molecule has 0 radical (unpaired) electrons. The normalized spacial score (nSPS) is 12.2. The molecule has 0 saturated heterocycles. The van der Waals surface area contributed by atoms with Gasteiger partial charge >= 0.3 is 0 Å². The number of benzene rings is 2. The highest BCUT2D eigenvalue weighted by Gasteiger charge is 2.13. The van der Waals surface area contributed by atoms with Crippen molar-refractivity contribution in [2.45, 2.75) is 32.7 Å². The SMILES string of the molecule is CCC(C)c1ccc(Oc2c(F)cc(CN)cc2F)cc1. The topological polar surface area (TPSA) is 35.2 Å². The number of hydrogen-bond acceptors (Lipinski definition) is 2. The predicted octanol–water partition coefficient (Wildman–Crippen LogP) is 4.73. The standard InChI is InChI=1S/C17H19F2NO/c1-3-11(2)13-4-6-14(7-5-13)21-17-15(18)8-12(10-20)9-16(17)19/h4-9,11H,3,10,20H2,1-2H3. The molecule has 0 bridgehead atoms. The van der Waals surface area contributed by atoms with Gasteiger partial charge in [0.25, 0.3) is 0 Å². The average Bonchev–Trinajstić information content (AvgIpc) is 2.50. The maximum atomic E-state index is 13.8. The van der Waals surface area contributed by atoms with Crippen molar-refractivity contribution in [3.8, 4) is 11.5 Å². The van der Waals surface area contributed by atoms with E-state index >= 15 is 0 Å². The van der Waals surface area contributed by atoms with E-state index in [0.717, 1.165) is 6.42 Å². The monoisotopic (exact) mass is 291 g/mol. The van der Waals surface area contributed by atoms with Gasteiger partial charge in [-0.2, -0.15) is 0 Å². The second-order valence-electron chi connectivity index (χ2n) is 5.07. The van der Waals surface area contributed by atoms with Crippen LogP contribution in [0, 0.1) is 11.6 Å². The van der Waals surface area contributed by atoms with E-state index in [-0.39, 0.29) is 6.54 Å². The Kier molecular flexibility index (Phi) is 4.91. The Balaban J connectivity index is 2.22. The molecular weight excluding hydrogens is 272 g/mol. The van der Waals surface area contributed by atoms with E-state index in [9.17, 15) is 8.78 Å². The summed E-state index contributed by atoms with van der Waals surface area (Å²) in [7, 11) is 0. The Bertz CT molecular complexity index is 588. The number of ether oxygens (including phenoxy) is 1. The first kappa shape index (κ1) is 15.4. The second kappa shape index (κ2) is 6.68. The lowest BCUT2D eigenvalue weighted by Gasteiger charge is -2.12. The molecule has 1 atom stereocenters. The molecule has 0 amide bonds. The molecule has 21 heavy (non-hydrogen) atoms. The molecule has 0 heterocycles. The Hall–Kier alpha value is -1.94. The summed E-state index contributed by atoms with van der Waals surface area (Å²) in [6.07, 6.45) is 1.03. The first-order chi connectivity index (χ1) is 10.0. The third-order valence-electron chi connectivity index (χ3n) is 3.58. The summed E-state index contributed by atoms with van der Waals surface area (Å²) >= 11 is 0. The van der Waals surface area contributed by atoms with Crippen molar-refractivity contribution in [2.75, 3.05) is 0 Å². The summed E-state index contributed by atoms with van der Waals surface area (Å²) in [5.41, 5.74) is 6.94. The van der Waals surface area contributed by atoms with Crippen LogP contribution >= 0.6 is 0 Å². The molecule has 0 aliphatic carbocycles. The molecule has 2 rings (SSSR count). The molecule has 2 aromatic rings. The molecule has 1 unspecified atom stereocenters. The van der Waals surface area contributed by atoms with Gasteiger partial charge in [-0.15, -0.1) is 0 Å². The fourth-order valence-corrected chi connectivity index (χ4v) is 2.05. The van der Waals surface area contributed by atoms with Crippen LogP contribution in [0.2, 0.25) is 0 Å². The lowest BCUT2D eigenvalue weighted by Crippen LogP contribution is -2.00. The van der Waals surface area contributed by atoms with Crippen LogP contribution in [0.5, 0.6) is 11.5 Å². The largest absolute Gasteiger partial charge is 0.451 e. The molecule has 0 aromatic heterocycles. The Morgan fingerprint density at radius 1 is 1.10 bits per heavy atom. The van der Waals surface area contributed by atoms with E-state index in [0.29, 0.717) is 17.2 Å². The minimum absolute atomic E-state index is 0.0811. The van der Waals surface area contributed by atoms with Gasteiger partial charge in [-0.3, -0.25) is 0 Å². The van der Waals surface area contributed by atoms with Crippen molar-refractivity contribution in [3.63, 3.8) is 0 Å². The number of hydrogen-bond donors (Lipinski definition) is 1. The van der Waals surface area contributed by atoms with Crippen LogP contribution in [0.3, 0.4) is 0 Å². The van der Waals surface area contributed by atoms with E-state index in [4.69, 9.17) is 10.5 Å². The zero-order valence-corrected chi connectivity index (χ0v) is 12.2. The summed E-state index contributed by atoms with van der Waals surface area (Å²) in [5.74, 6) is -1.05. The van der Waals surface area contributed by atoms with Gasteiger partial charge < -0.3 is 10.5 Å². The molecule has 112 valence electrons. The zero-order chi connectivity index (χ0) is 15.4. The van der Waals surface area contributed by atoms with Gasteiger partial charge in [0.15, 0.2) is 17.4 Å². The van der Waals surface area contributed by atoms with Gasteiger partial charge in [0.05, 0.1) is 0 Å². The van der Waals surface area contributed by atoms with Crippen molar-refractivity contribution in [1.29, 1.82) is 0 Å². The molecule has 2 nitrogen and oxygen atoms in total. The average molecular weight is 291 g/mol. The van der Waals surface area contributed by atoms with Crippen molar-refractivity contribution in [2.24, 2.45) is 5.73 Å². The molecule has 0 fully saturated rings. The molecule has 0 aliphatic rings. The fraction of sp³-hybridized carbons (Fsp3) is 0.294. The Morgan fingerprint density at radius 2 is 1.67 bits per heavy atom. The highest BCUT2D eigenvalue weighted by molar-refractivity contribution is 5.37. The van der Waals surface area contributed by atoms with Crippen molar-refractivity contribution in [1.82, 2.24) is 0 Å². The van der Waals surface area contributed by atoms with E-state index in [1.807, 2.05) is 12.1 Å². The Morgan fingerprint density at radius 3 is 2.14 bits per heavy atom. The van der Waals surface area contributed by atoms with Crippen LogP contribution in [-0.2, 0) is 6.54 Å². The van der Waals surface area contributed by atoms with E-state index in [1.165, 1.54) is 17.7 Å². The number of nitrogens with two attached hydrogens (primary N) is 1. The minimum atomic E-state index is -0.749. The Labute approximate surface area is 123 Å². The number of rotatable bonds is 5. The van der Waals surface area contributed by atoms with Crippen LogP contribution in [0.25, 0.3) is 0 Å². The van der Waals surface area contributed by atoms with Crippen LogP contribution < -0.4 is 10.5 Å². The van der Waals surface area contributed by atoms with Crippen LogP contribution in [-0.4, -0.2) is 0 Å².